The van der Waals surface area contributed by atoms with Gasteiger partial charge in [0.15, 0.2) is 0 Å². The van der Waals surface area contributed by atoms with Gasteiger partial charge in [0.2, 0.25) is 0 Å². The second-order valence-electron chi connectivity index (χ2n) is 5.66. The summed E-state index contributed by atoms with van der Waals surface area (Å²) in [5.41, 5.74) is 0.685. The Kier molecular flexibility index (Phi) is 5.46. The molecule has 0 aliphatic carbocycles. The summed E-state index contributed by atoms with van der Waals surface area (Å²) in [5.74, 6) is -0.373. The number of hydrogen-bond donors (Lipinski definition) is 2. The monoisotopic (exact) mass is 388 g/mol. The van der Waals surface area contributed by atoms with Gasteiger partial charge in [-0.3, -0.25) is 14.9 Å². The summed E-state index contributed by atoms with van der Waals surface area (Å²) in [6, 6.07) is 11.9. The van der Waals surface area contributed by atoms with Crippen molar-refractivity contribution in [2.24, 2.45) is 0 Å². The first-order valence-corrected chi connectivity index (χ1v) is 9.48. The Morgan fingerprint density at radius 3 is 2.77 bits per heavy atom. The highest BCUT2D eigenvalue weighted by Gasteiger charge is 2.16. The molecule has 134 valence electrons. The van der Waals surface area contributed by atoms with Gasteiger partial charge in [-0.25, -0.2) is 0 Å². The van der Waals surface area contributed by atoms with E-state index >= 15 is 0 Å². The third-order valence-electron chi connectivity index (χ3n) is 3.86. The lowest BCUT2D eigenvalue weighted by Crippen LogP contribution is -2.22. The molecule has 0 radical (unpaired) electrons. The van der Waals surface area contributed by atoms with E-state index in [4.69, 9.17) is 0 Å². The Morgan fingerprint density at radius 1 is 1.27 bits per heavy atom. The number of aliphatic hydroxyl groups is 1. The molecule has 0 aliphatic rings. The van der Waals surface area contributed by atoms with Gasteiger partial charge in [0, 0.05) is 31.8 Å². The van der Waals surface area contributed by atoms with Crippen molar-refractivity contribution >= 4 is 34.3 Å². The first kappa shape index (κ1) is 18.2. The van der Waals surface area contributed by atoms with Gasteiger partial charge in [0.05, 0.1) is 11.5 Å². The number of nitro benzene ring substituents is 1. The van der Waals surface area contributed by atoms with Crippen molar-refractivity contribution in [2.75, 3.05) is 0 Å². The smallest absolute Gasteiger partial charge is 0.273 e. The van der Waals surface area contributed by atoms with Crippen molar-refractivity contribution < 1.29 is 14.8 Å². The summed E-state index contributed by atoms with van der Waals surface area (Å²) >= 11 is 2.91. The number of benzene rings is 1. The molecule has 0 fully saturated rings. The molecule has 2 N–H and O–H groups in total. The number of aliphatic hydroxyl groups excluding tert-OH is 1. The molecule has 8 heteroatoms. The minimum absolute atomic E-state index is 0.0740. The average Bonchev–Trinajstić information content (AvgIpc) is 3.31. The lowest BCUT2D eigenvalue weighted by molar-refractivity contribution is -0.385. The van der Waals surface area contributed by atoms with Crippen LogP contribution in [0.25, 0.3) is 0 Å². The summed E-state index contributed by atoms with van der Waals surface area (Å²) in [4.78, 5) is 25.3. The maximum atomic E-state index is 12.3. The number of amides is 1. The Bertz CT molecular complexity index is 935. The predicted molar refractivity (Wildman–Crippen MR) is 102 cm³/mol. The van der Waals surface area contributed by atoms with Crippen molar-refractivity contribution in [1.82, 2.24) is 5.32 Å². The van der Waals surface area contributed by atoms with Crippen LogP contribution in [0.4, 0.5) is 5.69 Å². The topological polar surface area (TPSA) is 92.5 Å². The zero-order chi connectivity index (χ0) is 18.7. The van der Waals surface area contributed by atoms with E-state index in [9.17, 15) is 20.0 Å². The Balaban J connectivity index is 1.65. The molecule has 3 rings (SSSR count). The van der Waals surface area contributed by atoms with Gasteiger partial charge >= 0.3 is 0 Å². The fraction of sp³-hybridized carbons (Fsp3) is 0.167. The second-order valence-corrected chi connectivity index (χ2v) is 7.84. The lowest BCUT2D eigenvalue weighted by atomic mass is 10.1. The van der Waals surface area contributed by atoms with Crippen LogP contribution < -0.4 is 5.32 Å². The van der Waals surface area contributed by atoms with Crippen LogP contribution in [-0.4, -0.2) is 15.9 Å². The molecule has 0 aliphatic heterocycles. The quantitative estimate of drug-likeness (QED) is 0.492. The third kappa shape index (κ3) is 3.98. The van der Waals surface area contributed by atoms with E-state index in [-0.39, 0.29) is 17.2 Å². The van der Waals surface area contributed by atoms with Gasteiger partial charge in [-0.1, -0.05) is 12.1 Å². The molecule has 0 bridgehead atoms. The highest BCUT2D eigenvalue weighted by atomic mass is 32.1. The zero-order valence-corrected chi connectivity index (χ0v) is 15.5. The van der Waals surface area contributed by atoms with Crippen LogP contribution in [0.3, 0.4) is 0 Å². The molecular formula is C18H16N2O4S2. The van der Waals surface area contributed by atoms with Crippen LogP contribution in [-0.2, 0) is 6.54 Å². The molecule has 2 aromatic heterocycles. The van der Waals surface area contributed by atoms with Gasteiger partial charge in [0.25, 0.3) is 11.6 Å². The Labute approximate surface area is 157 Å². The van der Waals surface area contributed by atoms with E-state index in [1.165, 1.54) is 28.7 Å². The van der Waals surface area contributed by atoms with Crippen LogP contribution >= 0.6 is 22.7 Å². The maximum absolute atomic E-state index is 12.3. The number of carbonyl (C=O) groups is 1. The lowest BCUT2D eigenvalue weighted by Gasteiger charge is -2.06. The molecule has 6 nitrogen and oxygen atoms in total. The fourth-order valence-electron chi connectivity index (χ4n) is 2.44. The molecule has 1 aromatic carbocycles. The SMILES string of the molecule is Cc1ccc(C(=O)NCc2ccc(C(O)c3cccs3)s2)cc1[N+](=O)[O-]. The molecule has 0 saturated heterocycles. The standard InChI is InChI=1S/C18H16N2O4S2/c1-11-4-5-12(9-14(11)20(23)24)18(22)19-10-13-6-7-16(26-13)17(21)15-3-2-8-25-15/h2-9,17,21H,10H2,1H3,(H,19,22). The molecular weight excluding hydrogens is 372 g/mol. The van der Waals surface area contributed by atoms with E-state index in [1.807, 2.05) is 29.6 Å². The van der Waals surface area contributed by atoms with Crippen molar-refractivity contribution in [3.05, 3.63) is 83.7 Å². The molecule has 26 heavy (non-hydrogen) atoms. The zero-order valence-electron chi connectivity index (χ0n) is 13.8. The second kappa shape index (κ2) is 7.77. The molecule has 0 saturated carbocycles. The maximum Gasteiger partial charge on any atom is 0.273 e. The molecule has 2 heterocycles. The van der Waals surface area contributed by atoms with Crippen molar-refractivity contribution in [1.29, 1.82) is 0 Å². The Morgan fingerprint density at radius 2 is 2.08 bits per heavy atom. The van der Waals surface area contributed by atoms with E-state index in [0.717, 1.165) is 14.6 Å². The molecule has 1 unspecified atom stereocenters. The summed E-state index contributed by atoms with van der Waals surface area (Å²) in [6.45, 7) is 1.92. The predicted octanol–water partition coefficient (Wildman–Crippen LogP) is 4.04. The van der Waals surface area contributed by atoms with E-state index in [2.05, 4.69) is 5.32 Å². The third-order valence-corrected chi connectivity index (χ3v) is 5.92. The minimum atomic E-state index is -0.663. The van der Waals surface area contributed by atoms with Gasteiger partial charge in [-0.05, 0) is 36.6 Å². The Hall–Kier alpha value is -2.55. The number of nitro groups is 1. The molecule has 3 aromatic rings. The minimum Gasteiger partial charge on any atom is -0.382 e. The van der Waals surface area contributed by atoms with Crippen LogP contribution in [0.5, 0.6) is 0 Å². The first-order chi connectivity index (χ1) is 12.5. The van der Waals surface area contributed by atoms with E-state index in [0.29, 0.717) is 12.1 Å². The van der Waals surface area contributed by atoms with Gasteiger partial charge in [0.1, 0.15) is 6.10 Å². The van der Waals surface area contributed by atoms with Gasteiger partial charge < -0.3 is 10.4 Å². The molecule has 1 amide bonds. The van der Waals surface area contributed by atoms with Gasteiger partial charge in [-0.2, -0.15) is 0 Å². The summed E-state index contributed by atoms with van der Waals surface area (Å²) in [6.07, 6.45) is -0.663. The van der Waals surface area contributed by atoms with Crippen LogP contribution in [0, 0.1) is 17.0 Å². The first-order valence-electron chi connectivity index (χ1n) is 7.79. The highest BCUT2D eigenvalue weighted by molar-refractivity contribution is 7.12. The van der Waals surface area contributed by atoms with E-state index in [1.54, 1.807) is 19.1 Å². The summed E-state index contributed by atoms with van der Waals surface area (Å²) in [5, 5.41) is 26.0. The number of hydrogen-bond acceptors (Lipinski definition) is 6. The number of rotatable bonds is 6. The highest BCUT2D eigenvalue weighted by Crippen LogP contribution is 2.30. The number of carbonyl (C=O) groups excluding carboxylic acids is 1. The normalized spacial score (nSPS) is 11.9. The number of nitrogens with zero attached hydrogens (tertiary/aromatic N) is 1. The van der Waals surface area contributed by atoms with Crippen molar-refractivity contribution in [2.45, 2.75) is 19.6 Å². The largest absolute Gasteiger partial charge is 0.382 e. The van der Waals surface area contributed by atoms with Crippen molar-refractivity contribution in [3.8, 4) is 0 Å². The van der Waals surface area contributed by atoms with Crippen LogP contribution in [0.1, 0.15) is 36.7 Å². The summed E-state index contributed by atoms with van der Waals surface area (Å²) < 4.78 is 0. The number of aryl methyl sites for hydroxylation is 1. The average molecular weight is 388 g/mol. The molecule has 1 atom stereocenters. The summed E-state index contributed by atoms with van der Waals surface area (Å²) in [7, 11) is 0. The van der Waals surface area contributed by atoms with E-state index < -0.39 is 11.0 Å². The van der Waals surface area contributed by atoms with Crippen LogP contribution in [0.15, 0.2) is 47.8 Å². The van der Waals surface area contributed by atoms with Gasteiger partial charge in [-0.15, -0.1) is 22.7 Å². The number of thiophene rings is 2. The van der Waals surface area contributed by atoms with Crippen molar-refractivity contribution in [3.63, 3.8) is 0 Å². The molecule has 0 spiro atoms. The fourth-order valence-corrected chi connectivity index (χ4v) is 4.20. The number of nitrogens with one attached hydrogen (secondary N) is 1. The van der Waals surface area contributed by atoms with Crippen LogP contribution in [0.2, 0.25) is 0 Å².